The SMILES string of the molecule is CC(C)(CNC(=O)CCCCCCN)c1ccc(F)cc1Cl.Cl. The van der Waals surface area contributed by atoms with Crippen LogP contribution in [-0.2, 0) is 10.2 Å². The van der Waals surface area contributed by atoms with Crippen molar-refractivity contribution in [3.05, 3.63) is 34.6 Å². The van der Waals surface area contributed by atoms with E-state index in [1.807, 2.05) is 13.8 Å². The zero-order valence-corrected chi connectivity index (χ0v) is 15.4. The second kappa shape index (κ2) is 10.8. The summed E-state index contributed by atoms with van der Waals surface area (Å²) in [5.74, 6) is -0.315. The number of nitrogens with two attached hydrogens (primary N) is 1. The number of carbonyl (C=O) groups is 1. The number of unbranched alkanes of at least 4 members (excludes halogenated alkanes) is 3. The molecule has 0 aliphatic rings. The number of hydrogen-bond acceptors (Lipinski definition) is 2. The molecule has 1 aromatic rings. The average Bonchev–Trinajstić information content (AvgIpc) is 2.44. The highest BCUT2D eigenvalue weighted by Crippen LogP contribution is 2.29. The normalized spacial score (nSPS) is 11.0. The first-order valence-corrected chi connectivity index (χ1v) is 8.17. The smallest absolute Gasteiger partial charge is 0.220 e. The van der Waals surface area contributed by atoms with Crippen LogP contribution in [0.15, 0.2) is 18.2 Å². The molecule has 0 heterocycles. The summed E-state index contributed by atoms with van der Waals surface area (Å²) in [6.07, 6.45) is 4.51. The molecule has 0 aliphatic heterocycles. The number of benzene rings is 1. The van der Waals surface area contributed by atoms with Gasteiger partial charge in [0.25, 0.3) is 0 Å². The maximum Gasteiger partial charge on any atom is 0.220 e. The van der Waals surface area contributed by atoms with Gasteiger partial charge in [0.2, 0.25) is 5.91 Å². The molecule has 0 saturated carbocycles. The van der Waals surface area contributed by atoms with Crippen LogP contribution in [0.3, 0.4) is 0 Å². The van der Waals surface area contributed by atoms with Crippen molar-refractivity contribution >= 4 is 29.9 Å². The fourth-order valence-electron chi connectivity index (χ4n) is 2.32. The second-order valence-corrected chi connectivity index (χ2v) is 6.64. The molecule has 0 spiro atoms. The van der Waals surface area contributed by atoms with Crippen molar-refractivity contribution in [1.29, 1.82) is 0 Å². The standard InChI is InChI=1S/C17H26ClFN2O.ClH/c1-17(2,14-9-8-13(19)11-15(14)18)12-21-16(22)7-5-3-4-6-10-20;/h8-9,11H,3-7,10,12,20H2,1-2H3,(H,21,22);1H. The molecule has 1 amide bonds. The Labute approximate surface area is 149 Å². The molecule has 3 nitrogen and oxygen atoms in total. The minimum Gasteiger partial charge on any atom is -0.355 e. The van der Waals surface area contributed by atoms with Crippen molar-refractivity contribution < 1.29 is 9.18 Å². The van der Waals surface area contributed by atoms with E-state index in [0.717, 1.165) is 31.2 Å². The van der Waals surface area contributed by atoms with E-state index in [1.54, 1.807) is 6.07 Å². The number of nitrogens with one attached hydrogen (secondary N) is 1. The summed E-state index contributed by atoms with van der Waals surface area (Å²) in [5.41, 5.74) is 5.91. The van der Waals surface area contributed by atoms with Crippen molar-refractivity contribution in [3.63, 3.8) is 0 Å². The Morgan fingerprint density at radius 1 is 1.26 bits per heavy atom. The molecule has 1 aromatic carbocycles. The lowest BCUT2D eigenvalue weighted by Gasteiger charge is -2.26. The highest BCUT2D eigenvalue weighted by Gasteiger charge is 2.24. The quantitative estimate of drug-likeness (QED) is 0.645. The maximum absolute atomic E-state index is 13.1. The predicted octanol–water partition coefficient (Wildman–Crippen LogP) is 4.20. The molecule has 0 aliphatic carbocycles. The lowest BCUT2D eigenvalue weighted by Crippen LogP contribution is -2.36. The van der Waals surface area contributed by atoms with Gasteiger partial charge in [0, 0.05) is 23.4 Å². The van der Waals surface area contributed by atoms with Crippen LogP contribution in [0.25, 0.3) is 0 Å². The highest BCUT2D eigenvalue weighted by atomic mass is 35.5. The number of halogens is 3. The number of carbonyl (C=O) groups excluding carboxylic acids is 1. The molecule has 1 rings (SSSR count). The summed E-state index contributed by atoms with van der Waals surface area (Å²) in [7, 11) is 0. The van der Waals surface area contributed by atoms with Gasteiger partial charge in [-0.1, -0.05) is 44.4 Å². The first-order valence-electron chi connectivity index (χ1n) is 7.79. The Morgan fingerprint density at radius 3 is 2.52 bits per heavy atom. The van der Waals surface area contributed by atoms with Gasteiger partial charge >= 0.3 is 0 Å². The van der Waals surface area contributed by atoms with Gasteiger partial charge in [-0.05, 0) is 37.1 Å². The molecule has 3 N–H and O–H groups in total. The minimum atomic E-state index is -0.355. The van der Waals surface area contributed by atoms with Gasteiger partial charge < -0.3 is 11.1 Å². The summed E-state index contributed by atoms with van der Waals surface area (Å²) in [6, 6.07) is 4.37. The highest BCUT2D eigenvalue weighted by molar-refractivity contribution is 6.31. The van der Waals surface area contributed by atoms with Crippen molar-refractivity contribution in [3.8, 4) is 0 Å². The van der Waals surface area contributed by atoms with E-state index in [9.17, 15) is 9.18 Å². The summed E-state index contributed by atoms with van der Waals surface area (Å²) < 4.78 is 13.1. The minimum absolute atomic E-state index is 0. The third-order valence-electron chi connectivity index (χ3n) is 3.75. The number of rotatable bonds is 9. The molecule has 6 heteroatoms. The first kappa shape index (κ1) is 22.2. The van der Waals surface area contributed by atoms with Gasteiger partial charge in [0.1, 0.15) is 5.82 Å². The van der Waals surface area contributed by atoms with E-state index >= 15 is 0 Å². The second-order valence-electron chi connectivity index (χ2n) is 6.24. The lowest BCUT2D eigenvalue weighted by atomic mass is 9.84. The molecule has 132 valence electrons. The largest absolute Gasteiger partial charge is 0.355 e. The molecule has 0 bridgehead atoms. The van der Waals surface area contributed by atoms with Gasteiger partial charge in [0.15, 0.2) is 0 Å². The number of amides is 1. The monoisotopic (exact) mass is 364 g/mol. The van der Waals surface area contributed by atoms with Gasteiger partial charge in [-0.2, -0.15) is 0 Å². The Morgan fingerprint density at radius 2 is 1.91 bits per heavy atom. The summed E-state index contributed by atoms with van der Waals surface area (Å²) in [5, 5.41) is 3.33. The first-order chi connectivity index (χ1) is 10.4. The van der Waals surface area contributed by atoms with Crippen LogP contribution in [0.2, 0.25) is 5.02 Å². The zero-order chi connectivity index (χ0) is 16.6. The fourth-order valence-corrected chi connectivity index (χ4v) is 2.75. The summed E-state index contributed by atoms with van der Waals surface area (Å²) in [6.45, 7) is 5.14. The molecule has 0 atom stereocenters. The van der Waals surface area contributed by atoms with E-state index in [0.29, 0.717) is 24.5 Å². The third kappa shape index (κ3) is 8.00. The molecule has 0 unspecified atom stereocenters. The topological polar surface area (TPSA) is 55.1 Å². The van der Waals surface area contributed by atoms with E-state index in [1.165, 1.54) is 12.1 Å². The lowest BCUT2D eigenvalue weighted by molar-refractivity contribution is -0.121. The summed E-state index contributed by atoms with van der Waals surface area (Å²) >= 11 is 6.10. The third-order valence-corrected chi connectivity index (χ3v) is 4.06. The van der Waals surface area contributed by atoms with Crippen LogP contribution < -0.4 is 11.1 Å². The van der Waals surface area contributed by atoms with Crippen LogP contribution in [0.4, 0.5) is 4.39 Å². The van der Waals surface area contributed by atoms with Crippen molar-refractivity contribution in [2.24, 2.45) is 5.73 Å². The van der Waals surface area contributed by atoms with Gasteiger partial charge in [-0.3, -0.25) is 4.79 Å². The summed E-state index contributed by atoms with van der Waals surface area (Å²) in [4.78, 5) is 11.9. The molecular weight excluding hydrogens is 338 g/mol. The molecule has 23 heavy (non-hydrogen) atoms. The van der Waals surface area contributed by atoms with Gasteiger partial charge in [0.05, 0.1) is 0 Å². The van der Waals surface area contributed by atoms with Crippen LogP contribution in [-0.4, -0.2) is 19.0 Å². The van der Waals surface area contributed by atoms with Crippen molar-refractivity contribution in [2.45, 2.75) is 51.4 Å². The van der Waals surface area contributed by atoms with E-state index in [4.69, 9.17) is 17.3 Å². The predicted molar refractivity (Wildman–Crippen MR) is 96.8 cm³/mol. The molecule has 0 aromatic heterocycles. The zero-order valence-electron chi connectivity index (χ0n) is 13.8. The van der Waals surface area contributed by atoms with Crippen LogP contribution in [0, 0.1) is 5.82 Å². The van der Waals surface area contributed by atoms with Crippen LogP contribution in [0.5, 0.6) is 0 Å². The van der Waals surface area contributed by atoms with Gasteiger partial charge in [-0.25, -0.2) is 4.39 Å². The van der Waals surface area contributed by atoms with Crippen LogP contribution in [0.1, 0.15) is 51.5 Å². The Balaban J connectivity index is 0.00000484. The maximum atomic E-state index is 13.1. The Hall–Kier alpha value is -0.840. The fraction of sp³-hybridized carbons (Fsp3) is 0.588. The van der Waals surface area contributed by atoms with Gasteiger partial charge in [-0.15, -0.1) is 12.4 Å². The van der Waals surface area contributed by atoms with E-state index in [-0.39, 0.29) is 29.5 Å². The van der Waals surface area contributed by atoms with Crippen molar-refractivity contribution in [2.75, 3.05) is 13.1 Å². The van der Waals surface area contributed by atoms with E-state index < -0.39 is 0 Å². The van der Waals surface area contributed by atoms with Crippen LogP contribution >= 0.6 is 24.0 Å². The molecule has 0 fully saturated rings. The van der Waals surface area contributed by atoms with E-state index in [2.05, 4.69) is 5.32 Å². The Kier molecular flexibility index (Phi) is 10.4. The average molecular weight is 365 g/mol. The van der Waals surface area contributed by atoms with Crippen molar-refractivity contribution in [1.82, 2.24) is 5.32 Å². The molecule has 0 saturated heterocycles. The molecule has 0 radical (unpaired) electrons. The molecular formula is C17H27Cl2FN2O. The Bertz CT molecular complexity index is 495. The number of hydrogen-bond donors (Lipinski definition) is 2.